The third-order valence-electron chi connectivity index (χ3n) is 3.97. The Hall–Kier alpha value is -2.74. The number of carbonyl (C=O) groups is 1. The van der Waals surface area contributed by atoms with Gasteiger partial charge in [0.25, 0.3) is 11.6 Å². The molecule has 2 aromatic rings. The fourth-order valence-corrected chi connectivity index (χ4v) is 3.03. The van der Waals surface area contributed by atoms with Gasteiger partial charge < -0.3 is 4.90 Å². The van der Waals surface area contributed by atoms with Crippen LogP contribution in [-0.4, -0.2) is 37.5 Å². The van der Waals surface area contributed by atoms with Gasteiger partial charge in [-0.1, -0.05) is 18.2 Å². The lowest BCUT2D eigenvalue weighted by molar-refractivity contribution is -0.384. The maximum Gasteiger partial charge on any atom is 0.269 e. The molecule has 0 saturated carbocycles. The van der Waals surface area contributed by atoms with Crippen molar-refractivity contribution in [3.63, 3.8) is 0 Å². The molecule has 0 radical (unpaired) electrons. The van der Waals surface area contributed by atoms with E-state index in [2.05, 4.69) is 0 Å². The number of carbonyl (C=O) groups excluding carboxylic acids is 1. The predicted molar refractivity (Wildman–Crippen MR) is 93.2 cm³/mol. The van der Waals surface area contributed by atoms with Crippen molar-refractivity contribution in [3.8, 4) is 0 Å². The highest BCUT2D eigenvalue weighted by atomic mass is 32.2. The Balaban J connectivity index is 2.31. The third kappa shape index (κ3) is 4.21. The Bertz CT molecular complexity index is 924. The van der Waals surface area contributed by atoms with E-state index < -0.39 is 20.8 Å². The molecule has 0 aromatic heterocycles. The molecule has 0 N–H and O–H groups in total. The second kappa shape index (κ2) is 7.02. The van der Waals surface area contributed by atoms with E-state index in [0.29, 0.717) is 5.56 Å². The van der Waals surface area contributed by atoms with Crippen molar-refractivity contribution in [2.45, 2.75) is 17.9 Å². The van der Waals surface area contributed by atoms with Crippen LogP contribution in [0.5, 0.6) is 0 Å². The summed E-state index contributed by atoms with van der Waals surface area (Å²) in [6.07, 6.45) is 1.08. The number of benzene rings is 2. The Labute approximate surface area is 146 Å². The van der Waals surface area contributed by atoms with Crippen molar-refractivity contribution >= 4 is 21.4 Å². The summed E-state index contributed by atoms with van der Waals surface area (Å²) in [7, 11) is -1.85. The summed E-state index contributed by atoms with van der Waals surface area (Å²) >= 11 is 0. The summed E-state index contributed by atoms with van der Waals surface area (Å²) in [5.74, 6) is -0.371. The van der Waals surface area contributed by atoms with Crippen LogP contribution < -0.4 is 0 Å². The van der Waals surface area contributed by atoms with Gasteiger partial charge in [0.1, 0.15) is 0 Å². The molecule has 2 aromatic carbocycles. The van der Waals surface area contributed by atoms with Gasteiger partial charge in [0.15, 0.2) is 9.84 Å². The van der Waals surface area contributed by atoms with E-state index in [9.17, 15) is 23.3 Å². The summed E-state index contributed by atoms with van der Waals surface area (Å²) in [5.41, 5.74) is 0.802. The summed E-state index contributed by atoms with van der Waals surface area (Å²) in [5, 5.41) is 10.9. The van der Waals surface area contributed by atoms with E-state index in [4.69, 9.17) is 0 Å². The Kier molecular flexibility index (Phi) is 5.22. The Morgan fingerprint density at radius 3 is 2.40 bits per heavy atom. The second-order valence-corrected chi connectivity index (χ2v) is 7.76. The van der Waals surface area contributed by atoms with Gasteiger partial charge >= 0.3 is 0 Å². The average molecular weight is 362 g/mol. The average Bonchev–Trinajstić information content (AvgIpc) is 2.59. The monoisotopic (exact) mass is 362 g/mol. The highest BCUT2D eigenvalue weighted by Crippen LogP contribution is 2.24. The van der Waals surface area contributed by atoms with Crippen LogP contribution in [0.2, 0.25) is 0 Å². The zero-order chi connectivity index (χ0) is 18.8. The van der Waals surface area contributed by atoms with Gasteiger partial charge in [0.05, 0.1) is 15.9 Å². The van der Waals surface area contributed by atoms with E-state index in [1.54, 1.807) is 26.1 Å². The molecule has 1 amide bonds. The Morgan fingerprint density at radius 2 is 1.80 bits per heavy atom. The van der Waals surface area contributed by atoms with Crippen LogP contribution in [-0.2, 0) is 9.84 Å². The van der Waals surface area contributed by atoms with Gasteiger partial charge in [0.2, 0.25) is 0 Å². The number of hydrogen-bond donors (Lipinski definition) is 0. The zero-order valence-corrected chi connectivity index (χ0v) is 14.9. The fourth-order valence-electron chi connectivity index (χ4n) is 2.36. The van der Waals surface area contributed by atoms with Crippen molar-refractivity contribution in [1.82, 2.24) is 4.90 Å². The summed E-state index contributed by atoms with van der Waals surface area (Å²) in [6, 6.07) is 11.4. The highest BCUT2D eigenvalue weighted by molar-refractivity contribution is 7.90. The van der Waals surface area contributed by atoms with Crippen LogP contribution >= 0.6 is 0 Å². The number of rotatable bonds is 5. The van der Waals surface area contributed by atoms with E-state index in [1.165, 1.54) is 41.3 Å². The predicted octanol–water partition coefficient (Wildman–Crippen LogP) is 2.83. The number of nitro benzene ring substituents is 1. The fraction of sp³-hybridized carbons (Fsp3) is 0.235. The number of nitro groups is 1. The van der Waals surface area contributed by atoms with Gasteiger partial charge in [-0.05, 0) is 30.7 Å². The molecule has 1 unspecified atom stereocenters. The molecule has 0 spiro atoms. The minimum atomic E-state index is -3.42. The smallest absolute Gasteiger partial charge is 0.269 e. The largest absolute Gasteiger partial charge is 0.335 e. The van der Waals surface area contributed by atoms with E-state index in [0.717, 1.165) is 6.26 Å². The summed E-state index contributed by atoms with van der Waals surface area (Å²) in [4.78, 5) is 24.5. The van der Waals surface area contributed by atoms with Gasteiger partial charge in [0, 0.05) is 31.0 Å². The van der Waals surface area contributed by atoms with E-state index in [-0.39, 0.29) is 22.1 Å². The van der Waals surface area contributed by atoms with Crippen molar-refractivity contribution in [3.05, 3.63) is 69.8 Å². The maximum atomic E-state index is 12.7. The van der Waals surface area contributed by atoms with Crippen LogP contribution in [0.25, 0.3) is 0 Å². The molecule has 0 aliphatic carbocycles. The lowest BCUT2D eigenvalue weighted by Crippen LogP contribution is -2.29. The van der Waals surface area contributed by atoms with Crippen molar-refractivity contribution in [1.29, 1.82) is 0 Å². The normalized spacial score (nSPS) is 12.4. The van der Waals surface area contributed by atoms with Crippen LogP contribution in [0.3, 0.4) is 0 Å². The van der Waals surface area contributed by atoms with Crippen LogP contribution in [0.1, 0.15) is 28.9 Å². The molecule has 0 bridgehead atoms. The van der Waals surface area contributed by atoms with Gasteiger partial charge in [-0.15, -0.1) is 0 Å². The molecule has 0 aliphatic rings. The number of non-ortho nitro benzene ring substituents is 1. The second-order valence-electron chi connectivity index (χ2n) is 5.74. The first-order valence-electron chi connectivity index (χ1n) is 7.43. The van der Waals surface area contributed by atoms with E-state index in [1.807, 2.05) is 0 Å². The number of amides is 1. The first-order chi connectivity index (χ1) is 11.6. The van der Waals surface area contributed by atoms with Crippen LogP contribution in [0, 0.1) is 10.1 Å². The maximum absolute atomic E-state index is 12.7. The van der Waals surface area contributed by atoms with Gasteiger partial charge in [-0.3, -0.25) is 14.9 Å². The molecule has 2 rings (SSSR count). The SMILES string of the molecule is CC(c1cccc([N+](=O)[O-])c1)N(C)C(=O)c1cccc(S(C)(=O)=O)c1. The topological polar surface area (TPSA) is 97.6 Å². The highest BCUT2D eigenvalue weighted by Gasteiger charge is 2.21. The first kappa shape index (κ1) is 18.6. The molecule has 0 saturated heterocycles. The van der Waals surface area contributed by atoms with Gasteiger partial charge in [-0.2, -0.15) is 0 Å². The van der Waals surface area contributed by atoms with Crippen molar-refractivity contribution in [2.75, 3.05) is 13.3 Å². The molecule has 0 fully saturated rings. The van der Waals surface area contributed by atoms with Crippen molar-refractivity contribution < 1.29 is 18.1 Å². The van der Waals surface area contributed by atoms with Crippen LogP contribution in [0.15, 0.2) is 53.4 Å². The zero-order valence-electron chi connectivity index (χ0n) is 14.0. The summed E-state index contributed by atoms with van der Waals surface area (Å²) in [6.45, 7) is 1.75. The Morgan fingerprint density at radius 1 is 1.16 bits per heavy atom. The quantitative estimate of drug-likeness (QED) is 0.602. The van der Waals surface area contributed by atoms with Gasteiger partial charge in [-0.25, -0.2) is 8.42 Å². The van der Waals surface area contributed by atoms with Crippen LogP contribution in [0.4, 0.5) is 5.69 Å². The lowest BCUT2D eigenvalue weighted by Gasteiger charge is -2.25. The molecule has 1 atom stereocenters. The molecular formula is C17H18N2O5S. The molecular weight excluding hydrogens is 344 g/mol. The number of hydrogen-bond acceptors (Lipinski definition) is 5. The minimum absolute atomic E-state index is 0.0516. The third-order valence-corrected chi connectivity index (χ3v) is 5.08. The number of nitrogens with zero attached hydrogens (tertiary/aromatic N) is 2. The molecule has 8 heteroatoms. The summed E-state index contributed by atoms with van der Waals surface area (Å²) < 4.78 is 23.3. The minimum Gasteiger partial charge on any atom is -0.335 e. The molecule has 0 aliphatic heterocycles. The molecule has 0 heterocycles. The van der Waals surface area contributed by atoms with E-state index >= 15 is 0 Å². The number of sulfone groups is 1. The molecule has 25 heavy (non-hydrogen) atoms. The molecule has 7 nitrogen and oxygen atoms in total. The first-order valence-corrected chi connectivity index (χ1v) is 9.32. The molecule has 132 valence electrons. The van der Waals surface area contributed by atoms with Crippen molar-refractivity contribution in [2.24, 2.45) is 0 Å². The lowest BCUT2D eigenvalue weighted by atomic mass is 10.1. The standard InChI is InChI=1S/C17H18N2O5S/c1-12(13-6-4-8-15(10-13)19(21)22)18(2)17(20)14-7-5-9-16(11-14)25(3,23)24/h4-12H,1-3H3.